The minimum absolute atomic E-state index is 0.00824. The van der Waals surface area contributed by atoms with Crippen molar-refractivity contribution in [2.45, 2.75) is 19.8 Å². The summed E-state index contributed by atoms with van der Waals surface area (Å²) in [5, 5.41) is 4.24. The average molecular weight is 371 g/mol. The number of hydrogen-bond donors (Lipinski definition) is 2. The molecule has 2 aromatic heterocycles. The molecule has 2 aromatic carbocycles. The van der Waals surface area contributed by atoms with Gasteiger partial charge in [-0.05, 0) is 71.7 Å². The van der Waals surface area contributed by atoms with Gasteiger partial charge in [-0.1, -0.05) is 30.3 Å². The second-order valence-corrected chi connectivity index (χ2v) is 7.35. The Bertz CT molecular complexity index is 1100. The van der Waals surface area contributed by atoms with Gasteiger partial charge < -0.3 is 14.9 Å². The standard InChI is InChI=1S/C24H25N3O/c1-17-14-23(27(2)16-17)24(28)26-12-3-4-18-5-7-19(8-6-18)20-9-10-22-21(15-20)11-13-25-22/h5-11,13-16,25H,3-4,12H2,1-2H3,(H,26,28). The Hall–Kier alpha value is -3.27. The molecule has 0 atom stereocenters. The molecule has 4 nitrogen and oxygen atoms in total. The van der Waals surface area contributed by atoms with Crippen LogP contribution in [0.15, 0.2) is 67.0 Å². The first-order valence-corrected chi connectivity index (χ1v) is 9.68. The number of H-pyrrole nitrogens is 1. The lowest BCUT2D eigenvalue weighted by Crippen LogP contribution is -2.26. The molecule has 4 aromatic rings. The van der Waals surface area contributed by atoms with Gasteiger partial charge in [0, 0.05) is 31.5 Å². The Labute approximate surface area is 165 Å². The van der Waals surface area contributed by atoms with Crippen molar-refractivity contribution in [1.82, 2.24) is 14.9 Å². The van der Waals surface area contributed by atoms with Crippen LogP contribution in [0.3, 0.4) is 0 Å². The first kappa shape index (κ1) is 18.1. The number of aromatic amines is 1. The fraction of sp³-hybridized carbons (Fsp3) is 0.208. The Morgan fingerprint density at radius 2 is 1.82 bits per heavy atom. The maximum atomic E-state index is 12.2. The highest BCUT2D eigenvalue weighted by atomic mass is 16.1. The lowest BCUT2D eigenvalue weighted by Gasteiger charge is -2.07. The first-order chi connectivity index (χ1) is 13.6. The van der Waals surface area contributed by atoms with Crippen LogP contribution in [0.4, 0.5) is 0 Å². The molecule has 2 N–H and O–H groups in total. The lowest BCUT2D eigenvalue weighted by atomic mass is 10.0. The third kappa shape index (κ3) is 3.86. The van der Waals surface area contributed by atoms with Crippen LogP contribution in [0.25, 0.3) is 22.0 Å². The molecule has 28 heavy (non-hydrogen) atoms. The second-order valence-electron chi connectivity index (χ2n) is 7.35. The Balaban J connectivity index is 1.31. The Kier molecular flexibility index (Phi) is 5.02. The number of carbonyl (C=O) groups excluding carboxylic acids is 1. The molecule has 0 saturated carbocycles. The zero-order valence-electron chi connectivity index (χ0n) is 16.3. The molecule has 0 radical (unpaired) electrons. The molecule has 0 aliphatic heterocycles. The summed E-state index contributed by atoms with van der Waals surface area (Å²) in [6.45, 7) is 2.67. The van der Waals surface area contributed by atoms with Crippen LogP contribution in [-0.4, -0.2) is 22.0 Å². The van der Waals surface area contributed by atoms with Crippen molar-refractivity contribution >= 4 is 16.8 Å². The van der Waals surface area contributed by atoms with E-state index in [0.717, 1.165) is 23.9 Å². The summed E-state index contributed by atoms with van der Waals surface area (Å²) in [5.74, 6) is -0.00824. The van der Waals surface area contributed by atoms with Gasteiger partial charge in [0.25, 0.3) is 5.91 Å². The summed E-state index contributed by atoms with van der Waals surface area (Å²) in [6, 6.07) is 19.2. The number of benzene rings is 2. The first-order valence-electron chi connectivity index (χ1n) is 9.68. The molecule has 0 fully saturated rings. The third-order valence-electron chi connectivity index (χ3n) is 5.14. The van der Waals surface area contributed by atoms with Crippen molar-refractivity contribution < 1.29 is 4.79 Å². The summed E-state index contributed by atoms with van der Waals surface area (Å²) in [4.78, 5) is 15.5. The number of nitrogens with one attached hydrogen (secondary N) is 2. The summed E-state index contributed by atoms with van der Waals surface area (Å²) in [6.07, 6.45) is 5.80. The number of amides is 1. The minimum Gasteiger partial charge on any atom is -0.361 e. The van der Waals surface area contributed by atoms with Gasteiger partial charge in [-0.15, -0.1) is 0 Å². The molecule has 4 heteroatoms. The number of nitrogens with zero attached hydrogens (tertiary/aromatic N) is 1. The van der Waals surface area contributed by atoms with Gasteiger partial charge in [-0.2, -0.15) is 0 Å². The zero-order valence-corrected chi connectivity index (χ0v) is 16.3. The molecule has 142 valence electrons. The molecule has 0 aliphatic carbocycles. The molecule has 0 bridgehead atoms. The quantitative estimate of drug-likeness (QED) is 0.468. The van der Waals surface area contributed by atoms with E-state index in [9.17, 15) is 4.79 Å². The number of hydrogen-bond acceptors (Lipinski definition) is 1. The summed E-state index contributed by atoms with van der Waals surface area (Å²) in [7, 11) is 1.90. The van der Waals surface area contributed by atoms with Crippen molar-refractivity contribution in [3.05, 3.63) is 83.8 Å². The molecular formula is C24H25N3O. The molecule has 1 amide bonds. The van der Waals surface area contributed by atoms with E-state index in [-0.39, 0.29) is 5.91 Å². The predicted molar refractivity (Wildman–Crippen MR) is 115 cm³/mol. The molecule has 0 saturated heterocycles. The molecule has 0 aliphatic rings. The van der Waals surface area contributed by atoms with E-state index < -0.39 is 0 Å². The number of fused-ring (bicyclic) bond motifs is 1. The van der Waals surface area contributed by atoms with Crippen molar-refractivity contribution in [2.75, 3.05) is 6.54 Å². The van der Waals surface area contributed by atoms with Crippen molar-refractivity contribution in [3.8, 4) is 11.1 Å². The highest BCUT2D eigenvalue weighted by molar-refractivity contribution is 5.93. The predicted octanol–water partition coefficient (Wildman–Crippen LogP) is 4.84. The van der Waals surface area contributed by atoms with Gasteiger partial charge in [-0.25, -0.2) is 0 Å². The average Bonchev–Trinajstić information content (AvgIpc) is 3.30. The van der Waals surface area contributed by atoms with Crippen molar-refractivity contribution in [3.63, 3.8) is 0 Å². The fourth-order valence-electron chi connectivity index (χ4n) is 3.64. The second kappa shape index (κ2) is 7.77. The van der Waals surface area contributed by atoms with Gasteiger partial charge in [0.15, 0.2) is 0 Å². The zero-order chi connectivity index (χ0) is 19.5. The van der Waals surface area contributed by atoms with Crippen LogP contribution in [0, 0.1) is 6.92 Å². The molecular weight excluding hydrogens is 346 g/mol. The Morgan fingerprint density at radius 3 is 2.57 bits per heavy atom. The van der Waals surface area contributed by atoms with Crippen LogP contribution in [0.1, 0.15) is 28.0 Å². The maximum absolute atomic E-state index is 12.2. The van der Waals surface area contributed by atoms with E-state index in [4.69, 9.17) is 0 Å². The van der Waals surface area contributed by atoms with Crippen LogP contribution >= 0.6 is 0 Å². The highest BCUT2D eigenvalue weighted by Crippen LogP contribution is 2.24. The van der Waals surface area contributed by atoms with E-state index in [0.29, 0.717) is 12.2 Å². The SMILES string of the molecule is Cc1cc(C(=O)NCCCc2ccc(-c3ccc4[nH]ccc4c3)cc2)n(C)c1. The number of aromatic nitrogens is 2. The van der Waals surface area contributed by atoms with Gasteiger partial charge in [0.2, 0.25) is 0 Å². The monoisotopic (exact) mass is 371 g/mol. The van der Waals surface area contributed by atoms with Crippen LogP contribution in [0.5, 0.6) is 0 Å². The normalized spacial score (nSPS) is 11.1. The maximum Gasteiger partial charge on any atom is 0.267 e. The van der Waals surface area contributed by atoms with E-state index in [2.05, 4.69) is 58.8 Å². The van der Waals surface area contributed by atoms with Crippen molar-refractivity contribution in [2.24, 2.45) is 7.05 Å². The summed E-state index contributed by atoms with van der Waals surface area (Å²) in [5.41, 5.74) is 6.70. The lowest BCUT2D eigenvalue weighted by molar-refractivity contribution is 0.0945. The minimum atomic E-state index is -0.00824. The van der Waals surface area contributed by atoms with E-state index in [1.807, 2.05) is 37.0 Å². The van der Waals surface area contributed by atoms with Gasteiger partial charge in [-0.3, -0.25) is 4.79 Å². The third-order valence-corrected chi connectivity index (χ3v) is 5.14. The summed E-state index contributed by atoms with van der Waals surface area (Å²) < 4.78 is 1.87. The molecule has 4 rings (SSSR count). The molecule has 0 unspecified atom stereocenters. The van der Waals surface area contributed by atoms with E-state index in [1.165, 1.54) is 22.1 Å². The topological polar surface area (TPSA) is 49.8 Å². The van der Waals surface area contributed by atoms with E-state index >= 15 is 0 Å². The molecule has 0 spiro atoms. The van der Waals surface area contributed by atoms with E-state index in [1.54, 1.807) is 0 Å². The number of rotatable bonds is 6. The van der Waals surface area contributed by atoms with Crippen molar-refractivity contribution in [1.29, 1.82) is 0 Å². The smallest absolute Gasteiger partial charge is 0.267 e. The van der Waals surface area contributed by atoms with Gasteiger partial charge in [0.05, 0.1) is 0 Å². The van der Waals surface area contributed by atoms with Crippen LogP contribution in [-0.2, 0) is 13.5 Å². The fourth-order valence-corrected chi connectivity index (χ4v) is 3.64. The number of aryl methyl sites for hydroxylation is 3. The molecule has 2 heterocycles. The highest BCUT2D eigenvalue weighted by Gasteiger charge is 2.09. The van der Waals surface area contributed by atoms with Crippen LogP contribution in [0.2, 0.25) is 0 Å². The van der Waals surface area contributed by atoms with Gasteiger partial charge in [0.1, 0.15) is 5.69 Å². The summed E-state index contributed by atoms with van der Waals surface area (Å²) >= 11 is 0. The van der Waals surface area contributed by atoms with Crippen LogP contribution < -0.4 is 5.32 Å². The number of carbonyl (C=O) groups is 1. The Morgan fingerprint density at radius 1 is 1.04 bits per heavy atom. The largest absolute Gasteiger partial charge is 0.361 e. The van der Waals surface area contributed by atoms with Gasteiger partial charge >= 0.3 is 0 Å².